The maximum absolute atomic E-state index is 14.3. The molecule has 1 amide bonds. The Morgan fingerprint density at radius 2 is 2.08 bits per heavy atom. The van der Waals surface area contributed by atoms with E-state index in [1.165, 1.54) is 31.4 Å². The van der Waals surface area contributed by atoms with Crippen LogP contribution < -0.4 is 15.8 Å². The molecule has 2 unspecified atom stereocenters. The van der Waals surface area contributed by atoms with Gasteiger partial charge >= 0.3 is 0 Å². The van der Waals surface area contributed by atoms with Gasteiger partial charge in [0.05, 0.1) is 13.3 Å². The van der Waals surface area contributed by atoms with Crippen molar-refractivity contribution in [3.63, 3.8) is 0 Å². The number of pyridine rings is 1. The van der Waals surface area contributed by atoms with Crippen LogP contribution in [0.1, 0.15) is 25.7 Å². The van der Waals surface area contributed by atoms with Crippen LogP contribution in [0.5, 0.6) is 5.75 Å². The minimum atomic E-state index is -0.590. The van der Waals surface area contributed by atoms with Gasteiger partial charge in [0.25, 0.3) is 0 Å². The number of nitrogens with one attached hydrogen (secondary N) is 1. The number of halogens is 2. The predicted octanol–water partition coefficient (Wildman–Crippen LogP) is 3.49. The second-order valence-electron chi connectivity index (χ2n) is 6.51. The van der Waals surface area contributed by atoms with Gasteiger partial charge in [0.15, 0.2) is 0 Å². The van der Waals surface area contributed by atoms with Crippen LogP contribution in [0.2, 0.25) is 0 Å². The van der Waals surface area contributed by atoms with Crippen molar-refractivity contribution in [3.8, 4) is 16.9 Å². The first-order valence-electron chi connectivity index (χ1n) is 8.54. The van der Waals surface area contributed by atoms with Crippen molar-refractivity contribution >= 4 is 11.7 Å². The van der Waals surface area contributed by atoms with Gasteiger partial charge in [0, 0.05) is 29.2 Å². The van der Waals surface area contributed by atoms with E-state index in [1.54, 1.807) is 0 Å². The fourth-order valence-electron chi connectivity index (χ4n) is 3.30. The Hall–Kier alpha value is -2.54. The van der Waals surface area contributed by atoms with Crippen molar-refractivity contribution in [3.05, 3.63) is 42.1 Å². The molecule has 7 heteroatoms. The van der Waals surface area contributed by atoms with Crippen LogP contribution in [0, 0.1) is 17.6 Å². The normalized spacial score (nSPS) is 19.8. The first-order valence-corrected chi connectivity index (χ1v) is 8.54. The Morgan fingerprint density at radius 1 is 1.27 bits per heavy atom. The van der Waals surface area contributed by atoms with E-state index in [-0.39, 0.29) is 35.0 Å². The number of hydrogen-bond acceptors (Lipinski definition) is 4. The van der Waals surface area contributed by atoms with E-state index in [4.69, 9.17) is 10.5 Å². The van der Waals surface area contributed by atoms with Crippen molar-refractivity contribution in [2.24, 2.45) is 11.7 Å². The molecule has 0 bridgehead atoms. The molecule has 3 rings (SSSR count). The molecule has 1 aliphatic carbocycles. The van der Waals surface area contributed by atoms with Gasteiger partial charge in [-0.05, 0) is 37.5 Å². The van der Waals surface area contributed by atoms with E-state index < -0.39 is 11.6 Å². The minimum absolute atomic E-state index is 0.0275. The standard InChI is InChI=1S/C19H21F2N3O2/c1-26-17-8-12(20)5-6-14(17)15-9-18(23-10-16(15)21)24-19(25)11-3-2-4-13(22)7-11/h5-6,8-11,13H,2-4,7,22H2,1H3,(H,23,24,25). The van der Waals surface area contributed by atoms with Crippen molar-refractivity contribution in [2.45, 2.75) is 31.7 Å². The Bertz CT molecular complexity index is 813. The summed E-state index contributed by atoms with van der Waals surface area (Å²) < 4.78 is 32.8. The van der Waals surface area contributed by atoms with Crippen LogP contribution in [-0.4, -0.2) is 24.0 Å². The topological polar surface area (TPSA) is 77.2 Å². The third-order valence-electron chi connectivity index (χ3n) is 4.65. The molecule has 1 aromatic carbocycles. The minimum Gasteiger partial charge on any atom is -0.496 e. The van der Waals surface area contributed by atoms with Crippen molar-refractivity contribution in [2.75, 3.05) is 12.4 Å². The summed E-state index contributed by atoms with van der Waals surface area (Å²) in [7, 11) is 1.38. The summed E-state index contributed by atoms with van der Waals surface area (Å²) in [6.45, 7) is 0. The lowest BCUT2D eigenvalue weighted by Gasteiger charge is -2.25. The molecule has 0 spiro atoms. The highest BCUT2D eigenvalue weighted by Crippen LogP contribution is 2.33. The van der Waals surface area contributed by atoms with E-state index in [9.17, 15) is 13.6 Å². The molecule has 26 heavy (non-hydrogen) atoms. The van der Waals surface area contributed by atoms with Gasteiger partial charge in [-0.3, -0.25) is 4.79 Å². The lowest BCUT2D eigenvalue weighted by Crippen LogP contribution is -2.34. The summed E-state index contributed by atoms with van der Waals surface area (Å²) in [6.07, 6.45) is 4.27. The molecule has 1 fully saturated rings. The zero-order chi connectivity index (χ0) is 18.7. The van der Waals surface area contributed by atoms with Gasteiger partial charge in [-0.2, -0.15) is 0 Å². The summed E-state index contributed by atoms with van der Waals surface area (Å²) in [6, 6.07) is 5.28. The fraction of sp³-hybridized carbons (Fsp3) is 0.368. The van der Waals surface area contributed by atoms with Crippen molar-refractivity contribution in [1.82, 2.24) is 4.98 Å². The summed E-state index contributed by atoms with van der Waals surface area (Å²) in [5.41, 5.74) is 6.48. The molecule has 5 nitrogen and oxygen atoms in total. The molecular weight excluding hydrogens is 340 g/mol. The van der Waals surface area contributed by atoms with Crippen LogP contribution in [0.4, 0.5) is 14.6 Å². The zero-order valence-electron chi connectivity index (χ0n) is 14.5. The maximum atomic E-state index is 14.3. The molecular formula is C19H21F2N3O2. The Kier molecular flexibility index (Phi) is 5.46. The number of anilines is 1. The van der Waals surface area contributed by atoms with Gasteiger partial charge in [0.1, 0.15) is 23.2 Å². The number of rotatable bonds is 4. The van der Waals surface area contributed by atoms with Crippen LogP contribution in [0.15, 0.2) is 30.5 Å². The monoisotopic (exact) mass is 361 g/mol. The van der Waals surface area contributed by atoms with Gasteiger partial charge in [0.2, 0.25) is 5.91 Å². The maximum Gasteiger partial charge on any atom is 0.228 e. The highest BCUT2D eigenvalue weighted by molar-refractivity contribution is 5.92. The fourth-order valence-corrected chi connectivity index (χ4v) is 3.30. The van der Waals surface area contributed by atoms with E-state index >= 15 is 0 Å². The highest BCUT2D eigenvalue weighted by atomic mass is 19.1. The first kappa shape index (κ1) is 18.3. The number of benzene rings is 1. The number of nitrogens with zero attached hydrogens (tertiary/aromatic N) is 1. The number of methoxy groups -OCH3 is 1. The third-order valence-corrected chi connectivity index (χ3v) is 4.65. The smallest absolute Gasteiger partial charge is 0.228 e. The molecule has 2 atom stereocenters. The summed E-state index contributed by atoms with van der Waals surface area (Å²) >= 11 is 0. The van der Waals surface area contributed by atoms with E-state index in [0.717, 1.165) is 25.5 Å². The molecule has 2 aromatic rings. The average Bonchev–Trinajstić information content (AvgIpc) is 2.63. The lowest BCUT2D eigenvalue weighted by atomic mass is 9.85. The summed E-state index contributed by atoms with van der Waals surface area (Å²) in [5.74, 6) is -0.983. The molecule has 0 aliphatic heterocycles. The number of ether oxygens (including phenoxy) is 1. The molecule has 3 N–H and O–H groups in total. The molecule has 1 aliphatic rings. The lowest BCUT2D eigenvalue weighted by molar-refractivity contribution is -0.120. The van der Waals surface area contributed by atoms with Gasteiger partial charge in [-0.1, -0.05) is 6.42 Å². The largest absolute Gasteiger partial charge is 0.496 e. The SMILES string of the molecule is COc1cc(F)ccc1-c1cc(NC(=O)C2CCCC(N)C2)ncc1F. The van der Waals surface area contributed by atoms with E-state index in [2.05, 4.69) is 10.3 Å². The number of carbonyl (C=O) groups is 1. The van der Waals surface area contributed by atoms with Crippen LogP contribution in [0.3, 0.4) is 0 Å². The van der Waals surface area contributed by atoms with Crippen molar-refractivity contribution < 1.29 is 18.3 Å². The van der Waals surface area contributed by atoms with E-state index in [0.29, 0.717) is 12.0 Å². The number of amides is 1. The first-order chi connectivity index (χ1) is 12.5. The highest BCUT2D eigenvalue weighted by Gasteiger charge is 2.26. The number of hydrogen-bond donors (Lipinski definition) is 2. The summed E-state index contributed by atoms with van der Waals surface area (Å²) in [5, 5.41) is 2.73. The quantitative estimate of drug-likeness (QED) is 0.874. The van der Waals surface area contributed by atoms with Crippen molar-refractivity contribution in [1.29, 1.82) is 0 Å². The Morgan fingerprint density at radius 3 is 2.81 bits per heavy atom. The molecule has 0 saturated heterocycles. The van der Waals surface area contributed by atoms with Crippen LogP contribution in [0.25, 0.3) is 11.1 Å². The number of aromatic nitrogens is 1. The number of carbonyl (C=O) groups excluding carboxylic acids is 1. The van der Waals surface area contributed by atoms with Gasteiger partial charge in [-0.15, -0.1) is 0 Å². The van der Waals surface area contributed by atoms with Crippen LogP contribution in [-0.2, 0) is 4.79 Å². The molecule has 138 valence electrons. The molecule has 1 saturated carbocycles. The number of nitrogens with two attached hydrogens (primary N) is 1. The van der Waals surface area contributed by atoms with Crippen LogP contribution >= 0.6 is 0 Å². The zero-order valence-corrected chi connectivity index (χ0v) is 14.5. The molecule has 1 aromatic heterocycles. The second kappa shape index (κ2) is 7.78. The summed E-state index contributed by atoms with van der Waals surface area (Å²) in [4.78, 5) is 16.4. The molecule has 1 heterocycles. The molecule has 0 radical (unpaired) electrons. The van der Waals surface area contributed by atoms with Gasteiger partial charge < -0.3 is 15.8 Å². The average molecular weight is 361 g/mol. The predicted molar refractivity (Wildman–Crippen MR) is 94.7 cm³/mol. The Labute approximate surface area is 150 Å². The van der Waals surface area contributed by atoms with Gasteiger partial charge in [-0.25, -0.2) is 13.8 Å². The third kappa shape index (κ3) is 3.99. The second-order valence-corrected chi connectivity index (χ2v) is 6.51. The Balaban J connectivity index is 1.85. The van der Waals surface area contributed by atoms with E-state index in [1.807, 2.05) is 0 Å².